The van der Waals surface area contributed by atoms with Crippen LogP contribution >= 0.6 is 0 Å². The van der Waals surface area contributed by atoms with Gasteiger partial charge in [-0.25, -0.2) is 4.79 Å². The molecule has 2 atom stereocenters. The molecule has 0 aromatic heterocycles. The summed E-state index contributed by atoms with van der Waals surface area (Å²) in [6, 6.07) is 10.0. The third kappa shape index (κ3) is 7.16. The molecule has 0 fully saturated rings. The molecule has 1 N–H and O–H groups in total. The van der Waals surface area contributed by atoms with Crippen molar-refractivity contribution in [1.29, 1.82) is 0 Å². The number of benzene rings is 1. The Balaban J connectivity index is 3.22. The number of aliphatic hydroxyl groups is 1. The van der Waals surface area contributed by atoms with E-state index in [1.54, 1.807) is 4.90 Å². The van der Waals surface area contributed by atoms with E-state index in [2.05, 4.69) is 0 Å². The molecule has 1 rings (SSSR count). The highest BCUT2D eigenvalue weighted by molar-refractivity contribution is 5.72. The van der Waals surface area contributed by atoms with Gasteiger partial charge in [0.05, 0.1) is 6.10 Å². The van der Waals surface area contributed by atoms with Gasteiger partial charge < -0.3 is 14.7 Å². The molecule has 0 saturated carbocycles. The SMILES string of the molecule is C/C(=C\C(=C\C(C)[C@H](O)C(C)C)OC(=O)N(C(C)C)C(C)C)c1ccccc1. The van der Waals surface area contributed by atoms with Crippen molar-refractivity contribution in [2.24, 2.45) is 11.8 Å². The van der Waals surface area contributed by atoms with Crippen LogP contribution in [-0.4, -0.2) is 34.3 Å². The summed E-state index contributed by atoms with van der Waals surface area (Å²) in [4.78, 5) is 14.5. The molecule has 0 radical (unpaired) electrons. The Morgan fingerprint density at radius 2 is 1.54 bits per heavy atom. The number of hydrogen-bond donors (Lipinski definition) is 1. The quantitative estimate of drug-likeness (QED) is 0.447. The maximum absolute atomic E-state index is 12.8. The molecule has 0 aliphatic heterocycles. The lowest BCUT2D eigenvalue weighted by Crippen LogP contribution is -2.42. The second-order valence-electron chi connectivity index (χ2n) is 8.32. The number of rotatable bonds is 8. The van der Waals surface area contributed by atoms with E-state index < -0.39 is 6.10 Å². The highest BCUT2D eigenvalue weighted by Gasteiger charge is 2.23. The molecule has 28 heavy (non-hydrogen) atoms. The number of carbonyl (C=O) groups excluding carboxylic acids is 1. The Labute approximate surface area is 170 Å². The minimum atomic E-state index is -0.509. The van der Waals surface area contributed by atoms with Gasteiger partial charge >= 0.3 is 6.09 Å². The van der Waals surface area contributed by atoms with Crippen molar-refractivity contribution in [2.75, 3.05) is 0 Å². The summed E-state index contributed by atoms with van der Waals surface area (Å²) in [6.07, 6.45) is 2.83. The van der Waals surface area contributed by atoms with E-state index in [4.69, 9.17) is 4.74 Å². The summed E-state index contributed by atoms with van der Waals surface area (Å²) < 4.78 is 5.79. The average Bonchev–Trinajstić information content (AvgIpc) is 2.60. The van der Waals surface area contributed by atoms with E-state index in [1.807, 2.05) is 97.9 Å². The van der Waals surface area contributed by atoms with Crippen molar-refractivity contribution in [2.45, 2.75) is 73.6 Å². The topological polar surface area (TPSA) is 49.8 Å². The lowest BCUT2D eigenvalue weighted by atomic mass is 9.94. The second kappa shape index (κ2) is 11.1. The minimum Gasteiger partial charge on any atom is -0.411 e. The van der Waals surface area contributed by atoms with Crippen LogP contribution < -0.4 is 0 Å². The predicted molar refractivity (Wildman–Crippen MR) is 117 cm³/mol. The van der Waals surface area contributed by atoms with E-state index in [9.17, 15) is 9.90 Å². The number of hydrogen-bond acceptors (Lipinski definition) is 3. The van der Waals surface area contributed by atoms with Gasteiger partial charge in [0.15, 0.2) is 0 Å². The van der Waals surface area contributed by atoms with Gasteiger partial charge in [0.2, 0.25) is 0 Å². The van der Waals surface area contributed by atoms with E-state index >= 15 is 0 Å². The molecule has 0 aliphatic carbocycles. The first-order valence-corrected chi connectivity index (χ1v) is 10.2. The second-order valence-corrected chi connectivity index (χ2v) is 8.32. The maximum atomic E-state index is 12.8. The minimum absolute atomic E-state index is 0.0339. The van der Waals surface area contributed by atoms with Gasteiger partial charge in [0, 0.05) is 18.0 Å². The van der Waals surface area contributed by atoms with Gasteiger partial charge in [-0.3, -0.25) is 0 Å². The van der Waals surface area contributed by atoms with Crippen molar-refractivity contribution < 1.29 is 14.6 Å². The van der Waals surface area contributed by atoms with E-state index in [0.29, 0.717) is 5.76 Å². The van der Waals surface area contributed by atoms with Gasteiger partial charge in [-0.05, 0) is 63.8 Å². The largest absolute Gasteiger partial charge is 0.415 e. The highest BCUT2D eigenvalue weighted by Crippen LogP contribution is 2.22. The molecule has 1 aromatic carbocycles. The van der Waals surface area contributed by atoms with Crippen molar-refractivity contribution in [3.8, 4) is 0 Å². The molecular weight excluding hydrogens is 350 g/mol. The summed E-state index contributed by atoms with van der Waals surface area (Å²) >= 11 is 0. The average molecular weight is 388 g/mol. The summed E-state index contributed by atoms with van der Waals surface area (Å²) in [5.74, 6) is 0.434. The Kier molecular flexibility index (Phi) is 9.47. The molecule has 0 saturated heterocycles. The molecule has 156 valence electrons. The van der Waals surface area contributed by atoms with Crippen molar-refractivity contribution >= 4 is 11.7 Å². The zero-order valence-corrected chi connectivity index (χ0v) is 18.6. The Hall–Kier alpha value is -2.07. The van der Waals surface area contributed by atoms with Crippen molar-refractivity contribution in [1.82, 2.24) is 4.90 Å². The first kappa shape index (κ1) is 24.0. The molecule has 4 heteroatoms. The van der Waals surface area contributed by atoms with Crippen LogP contribution in [0.3, 0.4) is 0 Å². The smallest absolute Gasteiger partial charge is 0.411 e. The maximum Gasteiger partial charge on any atom is 0.415 e. The molecule has 0 bridgehead atoms. The van der Waals surface area contributed by atoms with Gasteiger partial charge in [-0.1, -0.05) is 51.1 Å². The number of nitrogens with zero attached hydrogens (tertiary/aromatic N) is 1. The molecule has 0 aliphatic rings. The fraction of sp³-hybridized carbons (Fsp3) is 0.542. The zero-order valence-electron chi connectivity index (χ0n) is 18.6. The summed E-state index contributed by atoms with van der Waals surface area (Å²) in [7, 11) is 0. The van der Waals surface area contributed by atoms with Gasteiger partial charge in [0.1, 0.15) is 5.76 Å². The molecular formula is C24H37NO3. The van der Waals surface area contributed by atoms with Crippen molar-refractivity contribution in [3.05, 3.63) is 53.8 Å². The van der Waals surface area contributed by atoms with Crippen LogP contribution in [-0.2, 0) is 4.74 Å². The Morgan fingerprint density at radius 1 is 1.00 bits per heavy atom. The van der Waals surface area contributed by atoms with Crippen LogP contribution in [0.15, 0.2) is 48.2 Å². The van der Waals surface area contributed by atoms with Gasteiger partial charge in [0.25, 0.3) is 0 Å². The Bertz CT molecular complexity index is 666. The molecule has 1 unspecified atom stereocenters. The molecule has 1 aromatic rings. The summed E-state index contributed by atoms with van der Waals surface area (Å²) in [5.41, 5.74) is 2.05. The zero-order chi connectivity index (χ0) is 21.4. The van der Waals surface area contributed by atoms with Gasteiger partial charge in [-0.2, -0.15) is 0 Å². The van der Waals surface area contributed by atoms with E-state index in [1.165, 1.54) is 0 Å². The van der Waals surface area contributed by atoms with Crippen LogP contribution in [0.5, 0.6) is 0 Å². The van der Waals surface area contributed by atoms with Crippen LogP contribution in [0.1, 0.15) is 61.0 Å². The predicted octanol–water partition coefficient (Wildman–Crippen LogP) is 5.88. The Morgan fingerprint density at radius 3 is 2.00 bits per heavy atom. The molecule has 0 heterocycles. The van der Waals surface area contributed by atoms with Crippen molar-refractivity contribution in [3.63, 3.8) is 0 Å². The fourth-order valence-corrected chi connectivity index (χ4v) is 3.25. The van der Waals surface area contributed by atoms with E-state index in [-0.39, 0.29) is 30.0 Å². The standard InChI is InChI=1S/C24H37NO3/c1-16(2)23(26)20(8)15-22(14-19(7)21-12-10-9-11-13-21)28-24(27)25(17(3)4)18(5)6/h9-18,20,23,26H,1-8H3/b19-14+,22-15-/t20?,23-/m1/s1. The molecule has 0 spiro atoms. The van der Waals surface area contributed by atoms with Crippen LogP contribution in [0.4, 0.5) is 4.79 Å². The summed E-state index contributed by atoms with van der Waals surface area (Å²) in [6.45, 7) is 15.8. The van der Waals surface area contributed by atoms with Crippen LogP contribution in [0, 0.1) is 11.8 Å². The number of allylic oxidation sites excluding steroid dienone is 2. The summed E-state index contributed by atoms with van der Waals surface area (Å²) in [5, 5.41) is 10.4. The fourth-order valence-electron chi connectivity index (χ4n) is 3.25. The monoisotopic (exact) mass is 387 g/mol. The third-order valence-corrected chi connectivity index (χ3v) is 4.77. The van der Waals surface area contributed by atoms with Gasteiger partial charge in [-0.15, -0.1) is 0 Å². The van der Waals surface area contributed by atoms with E-state index in [0.717, 1.165) is 11.1 Å². The lowest BCUT2D eigenvalue weighted by molar-refractivity contribution is 0.0858. The molecule has 1 amide bonds. The number of carbonyl (C=O) groups is 1. The number of ether oxygens (including phenoxy) is 1. The lowest BCUT2D eigenvalue weighted by Gasteiger charge is -2.30. The normalized spacial score (nSPS) is 15.1. The first-order chi connectivity index (χ1) is 13.0. The highest BCUT2D eigenvalue weighted by atomic mass is 16.6. The third-order valence-electron chi connectivity index (χ3n) is 4.77. The van der Waals surface area contributed by atoms with Crippen LogP contribution in [0.2, 0.25) is 0 Å². The number of amides is 1. The van der Waals surface area contributed by atoms with Crippen LogP contribution in [0.25, 0.3) is 5.57 Å². The first-order valence-electron chi connectivity index (χ1n) is 10.2. The molecule has 4 nitrogen and oxygen atoms in total. The number of aliphatic hydroxyl groups excluding tert-OH is 1.